The predicted octanol–water partition coefficient (Wildman–Crippen LogP) is 1.87. The van der Waals surface area contributed by atoms with Crippen LogP contribution < -0.4 is 5.32 Å². The van der Waals surface area contributed by atoms with Crippen molar-refractivity contribution in [2.45, 2.75) is 32.6 Å². The molecular weight excluding hydrogens is 138 g/mol. The zero-order valence-corrected chi connectivity index (χ0v) is 7.18. The van der Waals surface area contributed by atoms with Gasteiger partial charge in [0, 0.05) is 6.54 Å². The highest BCUT2D eigenvalue weighted by atomic mass is 16.1. The van der Waals surface area contributed by atoms with E-state index in [0.29, 0.717) is 6.54 Å². The maximum absolute atomic E-state index is 9.80. The number of nitrogens with one attached hydrogen (secondary N) is 1. The Kier molecular flexibility index (Phi) is 8.55. The minimum absolute atomic E-state index is 0.662. The molecule has 1 amide bonds. The quantitative estimate of drug-likeness (QED) is 0.339. The Morgan fingerprint density at radius 3 is 2.73 bits per heavy atom. The van der Waals surface area contributed by atoms with Gasteiger partial charge in [-0.2, -0.15) is 0 Å². The summed E-state index contributed by atoms with van der Waals surface area (Å²) in [5.41, 5.74) is 0. The Bertz CT molecular complexity index is 110. The van der Waals surface area contributed by atoms with Crippen LogP contribution in [0, 0.1) is 0 Å². The van der Waals surface area contributed by atoms with Crippen LogP contribution in [0.5, 0.6) is 0 Å². The SMILES string of the molecule is CCCCCC=CCNC=O. The molecule has 2 nitrogen and oxygen atoms in total. The molecule has 0 saturated heterocycles. The summed E-state index contributed by atoms with van der Waals surface area (Å²) in [6, 6.07) is 0. The van der Waals surface area contributed by atoms with Crippen LogP contribution in [-0.4, -0.2) is 13.0 Å². The van der Waals surface area contributed by atoms with Crippen molar-refractivity contribution in [3.63, 3.8) is 0 Å². The Labute approximate surface area is 68.7 Å². The Morgan fingerprint density at radius 1 is 1.27 bits per heavy atom. The van der Waals surface area contributed by atoms with E-state index < -0.39 is 0 Å². The second-order valence-corrected chi connectivity index (χ2v) is 2.49. The normalized spacial score (nSPS) is 10.3. The van der Waals surface area contributed by atoms with Crippen LogP contribution in [0.25, 0.3) is 0 Å². The van der Waals surface area contributed by atoms with Crippen molar-refractivity contribution in [3.8, 4) is 0 Å². The summed E-state index contributed by atoms with van der Waals surface area (Å²) in [7, 11) is 0. The van der Waals surface area contributed by atoms with Gasteiger partial charge in [-0.25, -0.2) is 0 Å². The van der Waals surface area contributed by atoms with Crippen LogP contribution in [0.15, 0.2) is 12.2 Å². The molecule has 0 aliphatic rings. The number of carbonyl (C=O) groups is 1. The number of hydrogen-bond donors (Lipinski definition) is 1. The maximum atomic E-state index is 9.80. The van der Waals surface area contributed by atoms with Gasteiger partial charge >= 0.3 is 0 Å². The third kappa shape index (κ3) is 9.21. The van der Waals surface area contributed by atoms with Crippen molar-refractivity contribution in [1.29, 1.82) is 0 Å². The Balaban J connectivity index is 2.97. The molecule has 0 aromatic rings. The molecule has 0 atom stereocenters. The first-order chi connectivity index (χ1) is 5.41. The summed E-state index contributed by atoms with van der Waals surface area (Å²) in [4.78, 5) is 9.80. The van der Waals surface area contributed by atoms with Crippen LogP contribution in [0.3, 0.4) is 0 Å². The van der Waals surface area contributed by atoms with Crippen molar-refractivity contribution in [1.82, 2.24) is 5.32 Å². The Morgan fingerprint density at radius 2 is 2.09 bits per heavy atom. The van der Waals surface area contributed by atoms with E-state index in [1.54, 1.807) is 0 Å². The van der Waals surface area contributed by atoms with E-state index in [-0.39, 0.29) is 0 Å². The van der Waals surface area contributed by atoms with Gasteiger partial charge < -0.3 is 5.32 Å². The van der Waals surface area contributed by atoms with Crippen molar-refractivity contribution in [3.05, 3.63) is 12.2 Å². The molecule has 0 aromatic carbocycles. The summed E-state index contributed by atoms with van der Waals surface area (Å²) in [6.07, 6.45) is 9.78. The molecule has 64 valence electrons. The first-order valence-corrected chi connectivity index (χ1v) is 4.23. The van der Waals surface area contributed by atoms with E-state index in [4.69, 9.17) is 0 Å². The maximum Gasteiger partial charge on any atom is 0.207 e. The van der Waals surface area contributed by atoms with Crippen molar-refractivity contribution in [2.24, 2.45) is 0 Å². The fourth-order valence-corrected chi connectivity index (χ4v) is 0.830. The van der Waals surface area contributed by atoms with Gasteiger partial charge in [0.1, 0.15) is 0 Å². The molecule has 1 N–H and O–H groups in total. The lowest BCUT2D eigenvalue weighted by Gasteiger charge is -1.91. The lowest BCUT2D eigenvalue weighted by molar-refractivity contribution is -0.109. The smallest absolute Gasteiger partial charge is 0.207 e. The van der Waals surface area contributed by atoms with Gasteiger partial charge in [-0.05, 0) is 12.8 Å². The summed E-state index contributed by atoms with van der Waals surface area (Å²) in [6.45, 7) is 2.85. The van der Waals surface area contributed by atoms with Crippen LogP contribution >= 0.6 is 0 Å². The minimum atomic E-state index is 0.662. The molecule has 0 bridgehead atoms. The summed E-state index contributed by atoms with van der Waals surface area (Å²) in [5.74, 6) is 0. The molecule has 2 heteroatoms. The van der Waals surface area contributed by atoms with Crippen molar-refractivity contribution in [2.75, 3.05) is 6.54 Å². The highest BCUT2D eigenvalue weighted by Crippen LogP contribution is 1.98. The molecule has 0 radical (unpaired) electrons. The van der Waals surface area contributed by atoms with E-state index >= 15 is 0 Å². The molecular formula is C9H17NO. The van der Waals surface area contributed by atoms with Gasteiger partial charge in [-0.1, -0.05) is 31.9 Å². The van der Waals surface area contributed by atoms with Gasteiger partial charge in [0.05, 0.1) is 0 Å². The fourth-order valence-electron chi connectivity index (χ4n) is 0.830. The van der Waals surface area contributed by atoms with Gasteiger partial charge in [0.25, 0.3) is 0 Å². The van der Waals surface area contributed by atoms with Crippen molar-refractivity contribution < 1.29 is 4.79 Å². The standard InChI is InChI=1S/C9H17NO/c1-2-3-4-5-6-7-8-10-9-11/h6-7,9H,2-5,8H2,1H3,(H,10,11). The molecule has 0 fully saturated rings. The number of rotatable bonds is 7. The van der Waals surface area contributed by atoms with E-state index in [1.165, 1.54) is 19.3 Å². The van der Waals surface area contributed by atoms with Crippen LogP contribution in [0.2, 0.25) is 0 Å². The number of amides is 1. The van der Waals surface area contributed by atoms with Crippen LogP contribution in [0.1, 0.15) is 32.6 Å². The monoisotopic (exact) mass is 155 g/mol. The Hall–Kier alpha value is -0.790. The van der Waals surface area contributed by atoms with Crippen molar-refractivity contribution >= 4 is 6.41 Å². The summed E-state index contributed by atoms with van der Waals surface area (Å²) < 4.78 is 0. The highest BCUT2D eigenvalue weighted by molar-refractivity contribution is 5.46. The van der Waals surface area contributed by atoms with Gasteiger partial charge in [-0.3, -0.25) is 4.79 Å². The summed E-state index contributed by atoms with van der Waals surface area (Å²) >= 11 is 0. The molecule has 0 aliphatic carbocycles. The zero-order valence-electron chi connectivity index (χ0n) is 7.18. The largest absolute Gasteiger partial charge is 0.355 e. The molecule has 0 spiro atoms. The van der Waals surface area contributed by atoms with Gasteiger partial charge in [0.2, 0.25) is 6.41 Å². The third-order valence-corrected chi connectivity index (χ3v) is 1.46. The lowest BCUT2D eigenvalue weighted by Crippen LogP contribution is -2.09. The molecule has 0 aliphatic heterocycles. The number of unbranched alkanes of at least 4 members (excludes halogenated alkanes) is 3. The molecule has 0 aromatic heterocycles. The number of carbonyl (C=O) groups excluding carboxylic acids is 1. The second-order valence-electron chi connectivity index (χ2n) is 2.49. The number of allylic oxidation sites excluding steroid dienone is 1. The van der Waals surface area contributed by atoms with E-state index in [2.05, 4.69) is 18.3 Å². The summed E-state index contributed by atoms with van der Waals surface area (Å²) in [5, 5.41) is 2.57. The second kappa shape index (κ2) is 9.21. The van der Waals surface area contributed by atoms with E-state index in [0.717, 1.165) is 12.8 Å². The van der Waals surface area contributed by atoms with Gasteiger partial charge in [0.15, 0.2) is 0 Å². The minimum Gasteiger partial charge on any atom is -0.355 e. The first kappa shape index (κ1) is 10.2. The zero-order chi connectivity index (χ0) is 8.36. The average Bonchev–Trinajstić information content (AvgIpc) is 2.03. The number of hydrogen-bond acceptors (Lipinski definition) is 1. The fraction of sp³-hybridized carbons (Fsp3) is 0.667. The third-order valence-electron chi connectivity index (χ3n) is 1.46. The topological polar surface area (TPSA) is 29.1 Å². The first-order valence-electron chi connectivity index (χ1n) is 4.23. The molecule has 11 heavy (non-hydrogen) atoms. The van der Waals surface area contributed by atoms with E-state index in [1.807, 2.05) is 6.08 Å². The average molecular weight is 155 g/mol. The van der Waals surface area contributed by atoms with Crippen LogP contribution in [0.4, 0.5) is 0 Å². The van der Waals surface area contributed by atoms with Crippen LogP contribution in [-0.2, 0) is 4.79 Å². The van der Waals surface area contributed by atoms with Gasteiger partial charge in [-0.15, -0.1) is 0 Å². The predicted molar refractivity (Wildman–Crippen MR) is 47.3 cm³/mol. The highest BCUT2D eigenvalue weighted by Gasteiger charge is 1.80. The molecule has 0 saturated carbocycles. The lowest BCUT2D eigenvalue weighted by atomic mass is 10.2. The van der Waals surface area contributed by atoms with E-state index in [9.17, 15) is 4.79 Å². The molecule has 0 heterocycles. The molecule has 0 rings (SSSR count). The molecule has 0 unspecified atom stereocenters.